The summed E-state index contributed by atoms with van der Waals surface area (Å²) in [6, 6.07) is 57.6. The van der Waals surface area contributed by atoms with Gasteiger partial charge in [0.1, 0.15) is 0 Å². The van der Waals surface area contributed by atoms with E-state index in [4.69, 9.17) is 0 Å². The van der Waals surface area contributed by atoms with Gasteiger partial charge in [-0.05, 0) is 142 Å². The van der Waals surface area contributed by atoms with Crippen molar-refractivity contribution in [2.45, 2.75) is 141 Å². The van der Waals surface area contributed by atoms with Crippen LogP contribution in [0, 0.1) is 0 Å². The first-order chi connectivity index (χ1) is 32.5. The van der Waals surface area contributed by atoms with Gasteiger partial charge in [0.2, 0.25) is 0 Å². The van der Waals surface area contributed by atoms with E-state index in [9.17, 15) is 0 Å². The number of hydrogen-bond acceptors (Lipinski definition) is 3. The fourth-order valence-electron chi connectivity index (χ4n) is 14.9. The van der Waals surface area contributed by atoms with Crippen LogP contribution in [0.3, 0.4) is 0 Å². The molecule has 0 bridgehead atoms. The van der Waals surface area contributed by atoms with E-state index in [0.29, 0.717) is 0 Å². The molecule has 4 aliphatic heterocycles. The molecule has 3 nitrogen and oxygen atoms in total. The zero-order valence-corrected chi connectivity index (χ0v) is 42.0. The summed E-state index contributed by atoms with van der Waals surface area (Å²) in [4.78, 5) is 8.44. The molecule has 0 amide bonds. The first kappa shape index (κ1) is 42.1. The second-order valence-corrected chi connectivity index (χ2v) is 24.3. The van der Waals surface area contributed by atoms with Crippen molar-refractivity contribution in [1.82, 2.24) is 0 Å². The standard InChI is InChI=1S/C64H66BN3/c1-59(2,3)43-29-31-52(46(37-43)41-21-12-11-13-22-41)66-54-32-30-44(60(4,5)6)38-51(54)65-50-27-20-26-49-58(50)68(64(10)47-24-15-14-23-42(47)33-36-62(49,64)8)56-40-45(39-55(66)57(56)65)67-53-28-17-16-25-48(53)61(7)34-18-19-35-63(61,67)9/h11-17,20-32,37-40H,18-19,33-36H2,1-10H3. The SMILES string of the molecule is CC(C)(C)c1ccc2c(c1)B1c3cccc4c3N(c3cc(N5c6ccccc6C6(C)CCCCC56C)cc(c31)N2c1ccc(C(C)(C)C)cc1-c1ccccc1)C1(C)c2ccccc2CCC41C. The molecule has 0 N–H and O–H groups in total. The van der Waals surface area contributed by atoms with Crippen molar-refractivity contribution in [3.63, 3.8) is 0 Å². The second-order valence-electron chi connectivity index (χ2n) is 24.3. The quantitative estimate of drug-likeness (QED) is 0.164. The Kier molecular flexibility index (Phi) is 8.57. The van der Waals surface area contributed by atoms with Crippen molar-refractivity contribution >= 4 is 62.9 Å². The molecule has 4 heteroatoms. The van der Waals surface area contributed by atoms with E-state index in [0.717, 1.165) is 19.3 Å². The van der Waals surface area contributed by atoms with Gasteiger partial charge in [0.15, 0.2) is 0 Å². The lowest BCUT2D eigenvalue weighted by Crippen LogP contribution is -2.64. The van der Waals surface area contributed by atoms with Gasteiger partial charge in [-0.25, -0.2) is 0 Å². The monoisotopic (exact) mass is 888 g/mol. The Balaban J connectivity index is 1.19. The Morgan fingerprint density at radius 2 is 1.13 bits per heavy atom. The van der Waals surface area contributed by atoms with Crippen LogP contribution < -0.4 is 31.1 Å². The fourth-order valence-corrected chi connectivity index (χ4v) is 14.9. The van der Waals surface area contributed by atoms with Crippen molar-refractivity contribution in [2.75, 3.05) is 14.7 Å². The molecule has 7 aromatic rings. The molecule has 4 unspecified atom stereocenters. The fraction of sp³-hybridized carbons (Fsp3) is 0.344. The third-order valence-corrected chi connectivity index (χ3v) is 18.9. The predicted octanol–water partition coefficient (Wildman–Crippen LogP) is 14.6. The third-order valence-electron chi connectivity index (χ3n) is 18.9. The van der Waals surface area contributed by atoms with Crippen LogP contribution in [0.5, 0.6) is 0 Å². The largest absolute Gasteiger partial charge is 0.334 e. The number of nitrogens with zero attached hydrogens (tertiary/aromatic N) is 3. The highest BCUT2D eigenvalue weighted by molar-refractivity contribution is 7.00. The van der Waals surface area contributed by atoms with Crippen LogP contribution in [0.4, 0.5) is 39.8 Å². The van der Waals surface area contributed by atoms with E-state index in [2.05, 4.69) is 230 Å². The van der Waals surface area contributed by atoms with Gasteiger partial charge in [-0.2, -0.15) is 0 Å². The van der Waals surface area contributed by atoms with Crippen molar-refractivity contribution in [3.8, 4) is 11.1 Å². The minimum Gasteiger partial charge on any atom is -0.334 e. The highest BCUT2D eigenvalue weighted by Gasteiger charge is 2.64. The Bertz CT molecular complexity index is 3260. The molecule has 4 heterocycles. The summed E-state index contributed by atoms with van der Waals surface area (Å²) in [6.07, 6.45) is 7.05. The Labute approximate surface area is 406 Å². The van der Waals surface area contributed by atoms with E-state index in [1.807, 2.05) is 0 Å². The predicted molar refractivity (Wildman–Crippen MR) is 289 cm³/mol. The van der Waals surface area contributed by atoms with Crippen molar-refractivity contribution in [2.24, 2.45) is 0 Å². The van der Waals surface area contributed by atoms with Crippen LogP contribution in [0.1, 0.15) is 135 Å². The topological polar surface area (TPSA) is 9.72 Å². The Hall–Kier alpha value is -6.00. The van der Waals surface area contributed by atoms with Gasteiger partial charge < -0.3 is 14.7 Å². The van der Waals surface area contributed by atoms with Crippen LogP contribution in [0.15, 0.2) is 146 Å². The summed E-state index contributed by atoms with van der Waals surface area (Å²) in [6.45, 7) is 24.6. The van der Waals surface area contributed by atoms with Gasteiger partial charge in [-0.15, -0.1) is 0 Å². The molecule has 0 aromatic heterocycles. The minimum atomic E-state index is -0.328. The summed E-state index contributed by atoms with van der Waals surface area (Å²) in [5.41, 5.74) is 24.1. The van der Waals surface area contributed by atoms with E-state index in [1.54, 1.807) is 0 Å². The molecule has 0 spiro atoms. The molecule has 6 aliphatic rings. The molecule has 2 aliphatic carbocycles. The molecule has 0 saturated heterocycles. The molecule has 1 saturated carbocycles. The first-order valence-electron chi connectivity index (χ1n) is 25.7. The third kappa shape index (κ3) is 5.28. The van der Waals surface area contributed by atoms with Gasteiger partial charge in [0.25, 0.3) is 6.71 Å². The smallest absolute Gasteiger partial charge is 0.252 e. The maximum atomic E-state index is 2.90. The summed E-state index contributed by atoms with van der Waals surface area (Å²) >= 11 is 0. The average Bonchev–Trinajstić information content (AvgIpc) is 3.68. The van der Waals surface area contributed by atoms with Crippen LogP contribution in [0.2, 0.25) is 0 Å². The van der Waals surface area contributed by atoms with E-state index in [-0.39, 0.29) is 39.5 Å². The maximum Gasteiger partial charge on any atom is 0.252 e. The number of rotatable bonds is 3. The van der Waals surface area contributed by atoms with Crippen LogP contribution in [-0.4, -0.2) is 12.3 Å². The molecular weight excluding hydrogens is 822 g/mol. The van der Waals surface area contributed by atoms with Crippen molar-refractivity contribution in [1.29, 1.82) is 0 Å². The highest BCUT2D eigenvalue weighted by Crippen LogP contribution is 2.66. The van der Waals surface area contributed by atoms with Crippen molar-refractivity contribution in [3.05, 3.63) is 179 Å². The number of benzene rings is 7. The molecule has 0 radical (unpaired) electrons. The zero-order valence-electron chi connectivity index (χ0n) is 42.0. The number of para-hydroxylation sites is 2. The Morgan fingerprint density at radius 3 is 1.90 bits per heavy atom. The molecule has 13 rings (SSSR count). The normalized spacial score (nSPS) is 25.0. The van der Waals surface area contributed by atoms with Gasteiger partial charge >= 0.3 is 0 Å². The molecular formula is C64H66BN3. The zero-order chi connectivity index (χ0) is 46.9. The van der Waals surface area contributed by atoms with Crippen LogP contribution in [-0.2, 0) is 33.6 Å². The van der Waals surface area contributed by atoms with E-state index in [1.165, 1.54) is 120 Å². The summed E-state index contributed by atoms with van der Waals surface area (Å²) in [5.74, 6) is 0. The van der Waals surface area contributed by atoms with Gasteiger partial charge in [0.05, 0.1) is 16.8 Å². The van der Waals surface area contributed by atoms with Gasteiger partial charge in [-0.3, -0.25) is 0 Å². The number of fused-ring (bicyclic) bond motifs is 12. The van der Waals surface area contributed by atoms with Crippen LogP contribution in [0.25, 0.3) is 11.1 Å². The van der Waals surface area contributed by atoms with Gasteiger partial charge in [0, 0.05) is 50.5 Å². The molecule has 7 aromatic carbocycles. The Morgan fingerprint density at radius 1 is 0.485 bits per heavy atom. The first-order valence-corrected chi connectivity index (χ1v) is 25.7. The maximum absolute atomic E-state index is 2.90. The number of aryl methyl sites for hydroxylation is 1. The molecule has 1 fully saturated rings. The summed E-state index contributed by atoms with van der Waals surface area (Å²) in [5, 5.41) is 0. The van der Waals surface area contributed by atoms with Gasteiger partial charge in [-0.1, -0.05) is 177 Å². The highest BCUT2D eigenvalue weighted by atomic mass is 15.3. The van der Waals surface area contributed by atoms with Crippen LogP contribution >= 0.6 is 0 Å². The average molecular weight is 888 g/mol. The number of anilines is 7. The molecule has 68 heavy (non-hydrogen) atoms. The van der Waals surface area contributed by atoms with E-state index >= 15 is 0 Å². The van der Waals surface area contributed by atoms with Crippen molar-refractivity contribution < 1.29 is 0 Å². The van der Waals surface area contributed by atoms with E-state index < -0.39 is 0 Å². The minimum absolute atomic E-state index is 0.0194. The lowest BCUT2D eigenvalue weighted by Gasteiger charge is -2.54. The molecule has 340 valence electrons. The molecule has 4 atom stereocenters. The second kappa shape index (κ2) is 13.8. The lowest BCUT2D eigenvalue weighted by atomic mass is 9.33. The summed E-state index contributed by atoms with van der Waals surface area (Å²) < 4.78 is 0. The summed E-state index contributed by atoms with van der Waals surface area (Å²) in [7, 11) is 0. The number of hydrogen-bond donors (Lipinski definition) is 0. The lowest BCUT2D eigenvalue weighted by molar-refractivity contribution is 0.195.